The highest BCUT2D eigenvalue weighted by molar-refractivity contribution is 5.87. The molecule has 8 heteroatoms. The van der Waals surface area contributed by atoms with E-state index in [0.717, 1.165) is 19.2 Å². The monoisotopic (exact) mass is 345 g/mol. The second-order valence-corrected chi connectivity index (χ2v) is 4.81. The number of hydrogen-bond acceptors (Lipinski definition) is 4. The number of esters is 1. The van der Waals surface area contributed by atoms with Crippen molar-refractivity contribution in [2.45, 2.75) is 25.2 Å². The molecule has 0 saturated carbocycles. The minimum Gasteiger partial charge on any atom is -0.467 e. The lowest BCUT2D eigenvalue weighted by molar-refractivity contribution is -0.148. The number of ether oxygens (including phenoxy) is 2. The highest BCUT2D eigenvalue weighted by atomic mass is 19.4. The fraction of sp³-hybridized carbons (Fsp3) is 0.375. The van der Waals surface area contributed by atoms with Gasteiger partial charge in [0.05, 0.1) is 19.3 Å². The number of methoxy groups -OCH3 is 1. The van der Waals surface area contributed by atoms with Crippen molar-refractivity contribution < 1.29 is 32.2 Å². The van der Waals surface area contributed by atoms with Gasteiger partial charge in [0.25, 0.3) is 0 Å². The molecule has 2 atom stereocenters. The number of halogens is 3. The second-order valence-electron chi connectivity index (χ2n) is 4.81. The van der Waals surface area contributed by atoms with Crippen molar-refractivity contribution in [2.24, 2.45) is 0 Å². The van der Waals surface area contributed by atoms with Crippen LogP contribution in [0.3, 0.4) is 0 Å². The van der Waals surface area contributed by atoms with Crippen molar-refractivity contribution in [1.82, 2.24) is 5.32 Å². The van der Waals surface area contributed by atoms with Crippen LogP contribution in [0.15, 0.2) is 36.9 Å². The van der Waals surface area contributed by atoms with Gasteiger partial charge in [-0.15, -0.1) is 6.58 Å². The molecule has 5 nitrogen and oxygen atoms in total. The second kappa shape index (κ2) is 8.49. The highest BCUT2D eigenvalue weighted by Gasteiger charge is 2.38. The van der Waals surface area contributed by atoms with Crippen LogP contribution in [0.4, 0.5) is 13.2 Å². The van der Waals surface area contributed by atoms with Crippen molar-refractivity contribution in [3.05, 3.63) is 48.0 Å². The summed E-state index contributed by atoms with van der Waals surface area (Å²) in [6.45, 7) is 4.91. The van der Waals surface area contributed by atoms with Gasteiger partial charge in [0, 0.05) is 0 Å². The number of hydrogen-bond donors (Lipinski definition) is 1. The predicted molar refractivity (Wildman–Crippen MR) is 80.0 cm³/mol. The summed E-state index contributed by atoms with van der Waals surface area (Å²) in [4.78, 5) is 24.0. The van der Waals surface area contributed by atoms with Gasteiger partial charge < -0.3 is 14.8 Å². The van der Waals surface area contributed by atoms with Gasteiger partial charge in [-0.1, -0.05) is 24.3 Å². The SMILES string of the molecule is C=CCO[C@@H](C)C(=O)N[C@H](C(=O)OC)c1ccccc1C(F)(F)F. The van der Waals surface area contributed by atoms with Gasteiger partial charge in [-0.3, -0.25) is 4.79 Å². The maximum Gasteiger partial charge on any atom is 0.416 e. The number of nitrogens with one attached hydrogen (secondary N) is 1. The van der Waals surface area contributed by atoms with Crippen LogP contribution in [0.5, 0.6) is 0 Å². The van der Waals surface area contributed by atoms with E-state index >= 15 is 0 Å². The molecule has 0 bridgehead atoms. The number of alkyl halides is 3. The Labute approximate surface area is 137 Å². The van der Waals surface area contributed by atoms with Crippen molar-refractivity contribution in [3.63, 3.8) is 0 Å². The zero-order valence-corrected chi connectivity index (χ0v) is 13.2. The molecule has 0 radical (unpaired) electrons. The molecule has 0 fully saturated rings. The summed E-state index contributed by atoms with van der Waals surface area (Å²) in [6.07, 6.45) is -4.24. The maximum absolute atomic E-state index is 13.1. The van der Waals surface area contributed by atoms with Crippen LogP contribution in [0.1, 0.15) is 24.1 Å². The van der Waals surface area contributed by atoms with E-state index in [4.69, 9.17) is 4.74 Å². The van der Waals surface area contributed by atoms with Gasteiger partial charge in [-0.2, -0.15) is 13.2 Å². The number of benzene rings is 1. The van der Waals surface area contributed by atoms with Crippen LogP contribution in [0.25, 0.3) is 0 Å². The van der Waals surface area contributed by atoms with Crippen LogP contribution in [-0.4, -0.2) is 31.7 Å². The summed E-state index contributed by atoms with van der Waals surface area (Å²) in [7, 11) is 1.02. The summed E-state index contributed by atoms with van der Waals surface area (Å²) >= 11 is 0. The van der Waals surface area contributed by atoms with E-state index in [2.05, 4.69) is 16.6 Å². The molecule has 0 aliphatic rings. The molecule has 1 rings (SSSR count). The molecule has 24 heavy (non-hydrogen) atoms. The Morgan fingerprint density at radius 1 is 1.33 bits per heavy atom. The molecule has 1 aromatic rings. The van der Waals surface area contributed by atoms with Crippen LogP contribution in [0, 0.1) is 0 Å². The first-order chi connectivity index (χ1) is 11.2. The quantitative estimate of drug-likeness (QED) is 0.609. The van der Waals surface area contributed by atoms with Crippen molar-refractivity contribution in [1.29, 1.82) is 0 Å². The Morgan fingerprint density at radius 2 is 1.96 bits per heavy atom. The molecule has 0 saturated heterocycles. The van der Waals surface area contributed by atoms with Crippen molar-refractivity contribution in [2.75, 3.05) is 13.7 Å². The summed E-state index contributed by atoms with van der Waals surface area (Å²) in [5.74, 6) is -1.76. The fourth-order valence-electron chi connectivity index (χ4n) is 1.94. The van der Waals surface area contributed by atoms with Crippen LogP contribution in [0.2, 0.25) is 0 Å². The number of amides is 1. The minimum absolute atomic E-state index is 0.0800. The normalized spacial score (nSPS) is 13.7. The molecule has 0 aromatic heterocycles. The minimum atomic E-state index is -4.68. The van der Waals surface area contributed by atoms with Crippen LogP contribution in [-0.2, 0) is 25.2 Å². The van der Waals surface area contributed by atoms with Gasteiger partial charge in [0.2, 0.25) is 5.91 Å². The maximum atomic E-state index is 13.1. The number of carbonyl (C=O) groups is 2. The van der Waals surface area contributed by atoms with E-state index in [1.54, 1.807) is 0 Å². The van der Waals surface area contributed by atoms with Gasteiger partial charge >= 0.3 is 12.1 Å². The van der Waals surface area contributed by atoms with E-state index in [9.17, 15) is 22.8 Å². The zero-order valence-electron chi connectivity index (χ0n) is 13.2. The summed E-state index contributed by atoms with van der Waals surface area (Å²) in [5, 5.41) is 2.23. The standard InChI is InChI=1S/C16H18F3NO4/c1-4-9-24-10(2)14(21)20-13(15(22)23-3)11-7-5-6-8-12(11)16(17,18)19/h4-8,10,13H,1,9H2,2-3H3,(H,20,21)/t10-,13-/m0/s1. The third kappa shape index (κ3) is 5.09. The molecule has 0 aliphatic heterocycles. The topological polar surface area (TPSA) is 64.6 Å². The Morgan fingerprint density at radius 3 is 2.50 bits per heavy atom. The molecular formula is C16H18F3NO4. The van der Waals surface area contributed by atoms with E-state index in [1.165, 1.54) is 25.1 Å². The molecule has 0 heterocycles. The number of carbonyl (C=O) groups excluding carboxylic acids is 2. The molecule has 1 aromatic carbocycles. The first-order valence-electron chi connectivity index (χ1n) is 6.99. The largest absolute Gasteiger partial charge is 0.467 e. The lowest BCUT2D eigenvalue weighted by Crippen LogP contribution is -2.41. The molecule has 0 aliphatic carbocycles. The Kier molecular flexibility index (Phi) is 6.97. The van der Waals surface area contributed by atoms with E-state index in [0.29, 0.717) is 0 Å². The van der Waals surface area contributed by atoms with E-state index < -0.39 is 41.3 Å². The van der Waals surface area contributed by atoms with Crippen molar-refractivity contribution in [3.8, 4) is 0 Å². The lowest BCUT2D eigenvalue weighted by atomic mass is 9.99. The number of rotatable bonds is 7. The van der Waals surface area contributed by atoms with Gasteiger partial charge in [-0.05, 0) is 18.6 Å². The van der Waals surface area contributed by atoms with Crippen LogP contribution < -0.4 is 5.32 Å². The molecular weight excluding hydrogens is 327 g/mol. The van der Waals surface area contributed by atoms with Gasteiger partial charge in [0.1, 0.15) is 6.10 Å². The molecule has 132 valence electrons. The molecule has 0 unspecified atom stereocenters. The Bertz CT molecular complexity index is 601. The fourth-order valence-corrected chi connectivity index (χ4v) is 1.94. The average Bonchev–Trinajstić information content (AvgIpc) is 2.55. The smallest absolute Gasteiger partial charge is 0.416 e. The Hall–Kier alpha value is -2.35. The zero-order chi connectivity index (χ0) is 18.3. The highest BCUT2D eigenvalue weighted by Crippen LogP contribution is 2.34. The average molecular weight is 345 g/mol. The van der Waals surface area contributed by atoms with E-state index in [1.807, 2.05) is 0 Å². The van der Waals surface area contributed by atoms with Gasteiger partial charge in [-0.25, -0.2) is 4.79 Å². The Balaban J connectivity index is 3.14. The summed E-state index contributed by atoms with van der Waals surface area (Å²) in [6, 6.07) is 2.87. The van der Waals surface area contributed by atoms with Gasteiger partial charge in [0.15, 0.2) is 6.04 Å². The third-order valence-corrected chi connectivity index (χ3v) is 3.13. The molecule has 1 amide bonds. The third-order valence-electron chi connectivity index (χ3n) is 3.13. The summed E-state index contributed by atoms with van der Waals surface area (Å²) < 4.78 is 49.0. The summed E-state index contributed by atoms with van der Waals surface area (Å²) in [5.41, 5.74) is -1.43. The lowest BCUT2D eigenvalue weighted by Gasteiger charge is -2.22. The molecule has 1 N–H and O–H groups in total. The van der Waals surface area contributed by atoms with E-state index in [-0.39, 0.29) is 6.61 Å². The van der Waals surface area contributed by atoms with Crippen molar-refractivity contribution >= 4 is 11.9 Å². The first-order valence-corrected chi connectivity index (χ1v) is 6.99. The first kappa shape index (κ1) is 19.7. The van der Waals surface area contributed by atoms with Crippen LogP contribution >= 0.6 is 0 Å². The molecule has 0 spiro atoms. The predicted octanol–water partition coefficient (Wildman–Crippen LogP) is 2.63.